The van der Waals surface area contributed by atoms with Crippen molar-refractivity contribution in [3.63, 3.8) is 0 Å². The minimum atomic E-state index is -1.37. The summed E-state index contributed by atoms with van der Waals surface area (Å²) in [5.74, 6) is 0. The van der Waals surface area contributed by atoms with Gasteiger partial charge in [-0.2, -0.15) is 0 Å². The Labute approximate surface area is 120 Å². The molecule has 2 atom stereocenters. The van der Waals surface area contributed by atoms with Gasteiger partial charge in [0.1, 0.15) is 11.2 Å². The molecule has 0 fully saturated rings. The van der Waals surface area contributed by atoms with E-state index in [0.717, 1.165) is 11.1 Å². The lowest BCUT2D eigenvalue weighted by atomic mass is 9.73. The zero-order valence-electron chi connectivity index (χ0n) is 11.5. The summed E-state index contributed by atoms with van der Waals surface area (Å²) in [6, 6.07) is 9.79. The van der Waals surface area contributed by atoms with Crippen LogP contribution in [0.1, 0.15) is 18.4 Å². The predicted molar refractivity (Wildman–Crippen MR) is 83.1 cm³/mol. The van der Waals surface area contributed by atoms with Crippen molar-refractivity contribution >= 4 is 5.57 Å². The van der Waals surface area contributed by atoms with E-state index in [1.54, 1.807) is 24.3 Å². The molecule has 0 aliphatic heterocycles. The third-order valence-corrected chi connectivity index (χ3v) is 3.70. The minimum absolute atomic E-state index is 0.276. The first-order valence-electron chi connectivity index (χ1n) is 6.69. The van der Waals surface area contributed by atoms with E-state index in [-0.39, 0.29) is 12.8 Å². The van der Waals surface area contributed by atoms with Gasteiger partial charge in [-0.05, 0) is 23.3 Å². The van der Waals surface area contributed by atoms with Gasteiger partial charge in [-0.25, -0.2) is 0 Å². The molecule has 20 heavy (non-hydrogen) atoms. The van der Waals surface area contributed by atoms with Crippen molar-refractivity contribution in [3.05, 3.63) is 79.4 Å². The summed E-state index contributed by atoms with van der Waals surface area (Å²) in [5, 5.41) is 21.5. The molecular formula is C18H20O2. The summed E-state index contributed by atoms with van der Waals surface area (Å²) >= 11 is 0. The molecule has 0 aromatic heterocycles. The summed E-state index contributed by atoms with van der Waals surface area (Å²) in [6.45, 7) is 7.32. The van der Waals surface area contributed by atoms with Gasteiger partial charge in [0.15, 0.2) is 0 Å². The van der Waals surface area contributed by atoms with E-state index >= 15 is 0 Å². The first-order chi connectivity index (χ1) is 9.54. The summed E-state index contributed by atoms with van der Waals surface area (Å²) in [7, 11) is 0. The highest BCUT2D eigenvalue weighted by atomic mass is 16.4. The minimum Gasteiger partial charge on any atom is -0.382 e. The summed E-state index contributed by atoms with van der Waals surface area (Å²) in [5.41, 5.74) is -0.819. The van der Waals surface area contributed by atoms with E-state index in [2.05, 4.69) is 13.2 Å². The summed E-state index contributed by atoms with van der Waals surface area (Å²) in [6.07, 6.45) is 9.00. The number of allylic oxidation sites excluding steroid dienone is 2. The number of rotatable bonds is 5. The lowest BCUT2D eigenvalue weighted by molar-refractivity contribution is -0.0887. The predicted octanol–water partition coefficient (Wildman–Crippen LogP) is 3.25. The number of hydrogen-bond donors (Lipinski definition) is 2. The Hall–Kier alpha value is -1.90. The Kier molecular flexibility index (Phi) is 4.07. The molecule has 0 amide bonds. The van der Waals surface area contributed by atoms with Crippen LogP contribution in [0.15, 0.2) is 73.9 Å². The highest BCUT2D eigenvalue weighted by Gasteiger charge is 2.46. The molecule has 1 aliphatic carbocycles. The van der Waals surface area contributed by atoms with E-state index in [9.17, 15) is 10.2 Å². The van der Waals surface area contributed by atoms with Crippen molar-refractivity contribution < 1.29 is 10.2 Å². The van der Waals surface area contributed by atoms with Gasteiger partial charge in [-0.3, -0.25) is 0 Å². The Bertz CT molecular complexity index is 556. The van der Waals surface area contributed by atoms with Gasteiger partial charge >= 0.3 is 0 Å². The van der Waals surface area contributed by atoms with Gasteiger partial charge in [0.25, 0.3) is 0 Å². The van der Waals surface area contributed by atoms with Gasteiger partial charge in [-0.15, -0.1) is 13.2 Å². The standard InChI is InChI=1S/C18H20O2/c1-3-11-17(19)13-10-16(14-18(17,20)12-4-2)15-8-6-5-7-9-15/h3-10,13-14,19-20H,1-2,11-12H2. The molecule has 1 aromatic carbocycles. The van der Waals surface area contributed by atoms with Crippen molar-refractivity contribution in [2.24, 2.45) is 0 Å². The highest BCUT2D eigenvalue weighted by molar-refractivity contribution is 5.77. The maximum Gasteiger partial charge on any atom is 0.120 e. The molecule has 0 bridgehead atoms. The van der Waals surface area contributed by atoms with Crippen molar-refractivity contribution in [1.29, 1.82) is 0 Å². The number of benzene rings is 1. The van der Waals surface area contributed by atoms with Crippen molar-refractivity contribution in [2.75, 3.05) is 0 Å². The first kappa shape index (κ1) is 14.5. The molecule has 2 nitrogen and oxygen atoms in total. The second-order valence-electron chi connectivity index (χ2n) is 5.13. The smallest absolute Gasteiger partial charge is 0.120 e. The van der Waals surface area contributed by atoms with E-state index in [1.807, 2.05) is 36.4 Å². The van der Waals surface area contributed by atoms with Crippen LogP contribution >= 0.6 is 0 Å². The highest BCUT2D eigenvalue weighted by Crippen LogP contribution is 2.39. The van der Waals surface area contributed by atoms with Crippen LogP contribution in [0, 0.1) is 0 Å². The maximum atomic E-state index is 10.9. The van der Waals surface area contributed by atoms with Crippen molar-refractivity contribution in [3.8, 4) is 0 Å². The zero-order chi connectivity index (χ0) is 14.6. The second kappa shape index (κ2) is 5.61. The Morgan fingerprint density at radius 2 is 1.55 bits per heavy atom. The molecule has 0 spiro atoms. The average molecular weight is 268 g/mol. The van der Waals surface area contributed by atoms with Crippen LogP contribution in [-0.4, -0.2) is 21.4 Å². The fourth-order valence-electron chi connectivity index (χ4n) is 2.53. The monoisotopic (exact) mass is 268 g/mol. The van der Waals surface area contributed by atoms with Crippen LogP contribution < -0.4 is 0 Å². The molecule has 0 saturated heterocycles. The Morgan fingerprint density at radius 3 is 2.15 bits per heavy atom. The van der Waals surface area contributed by atoms with Crippen LogP contribution in [0.5, 0.6) is 0 Å². The molecule has 0 heterocycles. The summed E-state index contributed by atoms with van der Waals surface area (Å²) < 4.78 is 0. The molecule has 2 rings (SSSR count). The normalized spacial score (nSPS) is 28.8. The van der Waals surface area contributed by atoms with Gasteiger partial charge in [0, 0.05) is 12.8 Å². The number of hydrogen-bond acceptors (Lipinski definition) is 2. The molecule has 2 heteroatoms. The molecular weight excluding hydrogens is 248 g/mol. The third kappa shape index (κ3) is 2.53. The topological polar surface area (TPSA) is 40.5 Å². The van der Waals surface area contributed by atoms with Crippen LogP contribution in [-0.2, 0) is 0 Å². The molecule has 2 N–H and O–H groups in total. The summed E-state index contributed by atoms with van der Waals surface area (Å²) in [4.78, 5) is 0. The van der Waals surface area contributed by atoms with Crippen LogP contribution in [0.25, 0.3) is 5.57 Å². The molecule has 104 valence electrons. The second-order valence-corrected chi connectivity index (χ2v) is 5.13. The fourth-order valence-corrected chi connectivity index (χ4v) is 2.53. The largest absolute Gasteiger partial charge is 0.382 e. The van der Waals surface area contributed by atoms with E-state index in [1.165, 1.54) is 0 Å². The van der Waals surface area contributed by atoms with Gasteiger partial charge in [0.2, 0.25) is 0 Å². The van der Waals surface area contributed by atoms with E-state index in [0.29, 0.717) is 0 Å². The quantitative estimate of drug-likeness (QED) is 0.805. The molecule has 2 unspecified atom stereocenters. The lowest BCUT2D eigenvalue weighted by Gasteiger charge is -2.41. The fraction of sp³-hybridized carbons (Fsp3) is 0.222. The van der Waals surface area contributed by atoms with Gasteiger partial charge < -0.3 is 10.2 Å². The van der Waals surface area contributed by atoms with Crippen LogP contribution in [0.4, 0.5) is 0 Å². The van der Waals surface area contributed by atoms with E-state index in [4.69, 9.17) is 0 Å². The molecule has 0 radical (unpaired) electrons. The van der Waals surface area contributed by atoms with Crippen LogP contribution in [0.2, 0.25) is 0 Å². The van der Waals surface area contributed by atoms with Gasteiger partial charge in [-0.1, -0.05) is 48.6 Å². The Balaban J connectivity index is 2.45. The lowest BCUT2D eigenvalue weighted by Crippen LogP contribution is -2.52. The van der Waals surface area contributed by atoms with E-state index < -0.39 is 11.2 Å². The van der Waals surface area contributed by atoms with Crippen molar-refractivity contribution in [1.82, 2.24) is 0 Å². The SMILES string of the molecule is C=CCC1(O)C=CC(c2ccccc2)=CC1(O)CC=C. The average Bonchev–Trinajstić information content (AvgIpc) is 2.44. The Morgan fingerprint density at radius 1 is 0.950 bits per heavy atom. The zero-order valence-corrected chi connectivity index (χ0v) is 11.5. The maximum absolute atomic E-state index is 10.9. The number of aliphatic hydroxyl groups is 2. The molecule has 0 saturated carbocycles. The molecule has 1 aromatic rings. The first-order valence-corrected chi connectivity index (χ1v) is 6.69. The third-order valence-electron chi connectivity index (χ3n) is 3.70. The van der Waals surface area contributed by atoms with Crippen molar-refractivity contribution in [2.45, 2.75) is 24.0 Å². The van der Waals surface area contributed by atoms with Crippen LogP contribution in [0.3, 0.4) is 0 Å². The molecule has 1 aliphatic rings. The van der Waals surface area contributed by atoms with Gasteiger partial charge in [0.05, 0.1) is 0 Å².